The van der Waals surface area contributed by atoms with Gasteiger partial charge in [0.15, 0.2) is 0 Å². The van der Waals surface area contributed by atoms with Crippen molar-refractivity contribution in [3.63, 3.8) is 0 Å². The highest BCUT2D eigenvalue weighted by Gasteiger charge is 2.24. The summed E-state index contributed by atoms with van der Waals surface area (Å²) in [7, 11) is -3.46. The Kier molecular flexibility index (Phi) is 4.99. The Morgan fingerprint density at radius 1 is 1.35 bits per heavy atom. The van der Waals surface area contributed by atoms with Gasteiger partial charge >= 0.3 is 0 Å². The summed E-state index contributed by atoms with van der Waals surface area (Å²) in [5.74, 6) is 1.28. The average Bonchev–Trinajstić information content (AvgIpc) is 2.39. The van der Waals surface area contributed by atoms with Crippen LogP contribution in [0.1, 0.15) is 39.5 Å². The third-order valence-corrected chi connectivity index (χ3v) is 5.17. The minimum atomic E-state index is -3.46. The van der Waals surface area contributed by atoms with Crippen LogP contribution in [0.5, 0.6) is 0 Å². The maximum absolute atomic E-state index is 12.3. The van der Waals surface area contributed by atoms with Gasteiger partial charge in [-0.2, -0.15) is 0 Å². The molecule has 20 heavy (non-hydrogen) atoms. The molecule has 0 aromatic carbocycles. The monoisotopic (exact) mass is 297 g/mol. The van der Waals surface area contributed by atoms with Crippen LogP contribution >= 0.6 is 0 Å². The molecule has 0 bridgehead atoms. The summed E-state index contributed by atoms with van der Waals surface area (Å²) >= 11 is 0. The Morgan fingerprint density at radius 3 is 2.75 bits per heavy atom. The number of anilines is 1. The van der Waals surface area contributed by atoms with Gasteiger partial charge < -0.3 is 5.32 Å². The van der Waals surface area contributed by atoms with Crippen LogP contribution in [0.4, 0.5) is 5.82 Å². The second-order valence-electron chi connectivity index (χ2n) is 5.50. The Bertz CT molecular complexity index is 528. The molecule has 1 aromatic rings. The first-order chi connectivity index (χ1) is 9.51. The lowest BCUT2D eigenvalue weighted by atomic mass is 9.88. The van der Waals surface area contributed by atoms with Gasteiger partial charge in [-0.25, -0.2) is 18.1 Å². The fraction of sp³-hybridized carbons (Fsp3) is 0.643. The fourth-order valence-electron chi connectivity index (χ4n) is 2.65. The van der Waals surface area contributed by atoms with Crippen LogP contribution in [-0.2, 0) is 10.0 Å². The van der Waals surface area contributed by atoms with Crippen LogP contribution in [0, 0.1) is 5.92 Å². The van der Waals surface area contributed by atoms with Crippen molar-refractivity contribution in [1.82, 2.24) is 9.71 Å². The molecule has 0 saturated heterocycles. The fourth-order valence-corrected chi connectivity index (χ4v) is 3.88. The molecule has 112 valence electrons. The molecule has 2 atom stereocenters. The van der Waals surface area contributed by atoms with Crippen LogP contribution < -0.4 is 10.0 Å². The van der Waals surface area contributed by atoms with Gasteiger partial charge in [0.05, 0.1) is 0 Å². The molecular formula is C14H23N3O2S. The SMILES string of the molecule is CCNc1ccc(S(=O)(=O)NC2CCCC(C)C2)cn1. The number of nitrogens with zero attached hydrogens (tertiary/aromatic N) is 1. The topological polar surface area (TPSA) is 71.1 Å². The molecule has 2 unspecified atom stereocenters. The molecule has 6 heteroatoms. The summed E-state index contributed by atoms with van der Waals surface area (Å²) < 4.78 is 27.4. The van der Waals surface area contributed by atoms with Gasteiger partial charge in [-0.05, 0) is 37.8 Å². The quantitative estimate of drug-likeness (QED) is 0.875. The average molecular weight is 297 g/mol. The van der Waals surface area contributed by atoms with Gasteiger partial charge in [0.2, 0.25) is 10.0 Å². The number of hydrogen-bond acceptors (Lipinski definition) is 4. The standard InChI is InChI=1S/C14H23N3O2S/c1-3-15-14-8-7-13(10-16-14)20(18,19)17-12-6-4-5-11(2)9-12/h7-8,10-12,17H,3-6,9H2,1-2H3,(H,15,16). The first-order valence-corrected chi connectivity index (χ1v) is 8.72. The van der Waals surface area contributed by atoms with Crippen LogP contribution in [0.3, 0.4) is 0 Å². The van der Waals surface area contributed by atoms with E-state index in [1.54, 1.807) is 12.1 Å². The number of rotatable bonds is 5. The first kappa shape index (κ1) is 15.3. The number of aromatic nitrogens is 1. The third kappa shape index (κ3) is 3.93. The van der Waals surface area contributed by atoms with E-state index in [-0.39, 0.29) is 10.9 Å². The second kappa shape index (κ2) is 6.54. The Labute approximate surface area is 121 Å². The third-order valence-electron chi connectivity index (χ3n) is 3.66. The van der Waals surface area contributed by atoms with Crippen molar-refractivity contribution >= 4 is 15.8 Å². The van der Waals surface area contributed by atoms with Crippen molar-refractivity contribution in [2.75, 3.05) is 11.9 Å². The zero-order chi connectivity index (χ0) is 14.6. The smallest absolute Gasteiger partial charge is 0.242 e. The second-order valence-corrected chi connectivity index (χ2v) is 7.21. The van der Waals surface area contributed by atoms with E-state index in [1.165, 1.54) is 12.6 Å². The minimum Gasteiger partial charge on any atom is -0.370 e. The molecule has 2 rings (SSSR count). The maximum Gasteiger partial charge on any atom is 0.242 e. The number of nitrogens with one attached hydrogen (secondary N) is 2. The molecule has 1 aliphatic rings. The van der Waals surface area contributed by atoms with Gasteiger partial charge in [0.25, 0.3) is 0 Å². The molecule has 0 aliphatic heterocycles. The van der Waals surface area contributed by atoms with E-state index in [2.05, 4.69) is 21.9 Å². The first-order valence-electron chi connectivity index (χ1n) is 7.23. The molecule has 0 radical (unpaired) electrons. The molecule has 1 aliphatic carbocycles. The summed E-state index contributed by atoms with van der Waals surface area (Å²) in [5.41, 5.74) is 0. The largest absolute Gasteiger partial charge is 0.370 e. The molecule has 5 nitrogen and oxygen atoms in total. The highest BCUT2D eigenvalue weighted by molar-refractivity contribution is 7.89. The molecule has 0 amide bonds. The van der Waals surface area contributed by atoms with E-state index in [1.807, 2.05) is 6.92 Å². The zero-order valence-electron chi connectivity index (χ0n) is 12.1. The normalized spacial score (nSPS) is 23.5. The van der Waals surface area contributed by atoms with Crippen molar-refractivity contribution in [1.29, 1.82) is 0 Å². The van der Waals surface area contributed by atoms with Gasteiger partial charge in [-0.15, -0.1) is 0 Å². The summed E-state index contributed by atoms with van der Waals surface area (Å²) in [4.78, 5) is 4.35. The van der Waals surface area contributed by atoms with Crippen LogP contribution in [0.15, 0.2) is 23.2 Å². The molecule has 1 aromatic heterocycles. The Morgan fingerprint density at radius 2 is 2.15 bits per heavy atom. The molecule has 0 spiro atoms. The van der Waals surface area contributed by atoms with Crippen LogP contribution in [-0.4, -0.2) is 26.0 Å². The summed E-state index contributed by atoms with van der Waals surface area (Å²) in [5, 5.41) is 3.05. The molecule has 1 saturated carbocycles. The number of pyridine rings is 1. The lowest BCUT2D eigenvalue weighted by Gasteiger charge is -2.27. The lowest BCUT2D eigenvalue weighted by Crippen LogP contribution is -2.37. The summed E-state index contributed by atoms with van der Waals surface area (Å²) in [6, 6.07) is 3.35. The lowest BCUT2D eigenvalue weighted by molar-refractivity contribution is 0.327. The van der Waals surface area contributed by atoms with E-state index >= 15 is 0 Å². The van der Waals surface area contributed by atoms with Crippen molar-refractivity contribution in [2.24, 2.45) is 5.92 Å². The predicted octanol–water partition coefficient (Wildman–Crippen LogP) is 2.37. The number of sulfonamides is 1. The zero-order valence-corrected chi connectivity index (χ0v) is 12.9. The Balaban J connectivity index is 2.05. The summed E-state index contributed by atoms with van der Waals surface area (Å²) in [6.07, 6.45) is 5.53. The maximum atomic E-state index is 12.3. The van der Waals surface area contributed by atoms with Gasteiger partial charge in [0, 0.05) is 18.8 Å². The van der Waals surface area contributed by atoms with Crippen molar-refractivity contribution in [3.05, 3.63) is 18.3 Å². The summed E-state index contributed by atoms with van der Waals surface area (Å²) in [6.45, 7) is 4.91. The van der Waals surface area contributed by atoms with E-state index < -0.39 is 10.0 Å². The van der Waals surface area contributed by atoms with Crippen LogP contribution in [0.25, 0.3) is 0 Å². The molecular weight excluding hydrogens is 274 g/mol. The van der Waals surface area contributed by atoms with E-state index in [0.717, 1.165) is 25.8 Å². The molecule has 1 fully saturated rings. The predicted molar refractivity (Wildman–Crippen MR) is 80.1 cm³/mol. The highest BCUT2D eigenvalue weighted by atomic mass is 32.2. The minimum absolute atomic E-state index is 0.0530. The van der Waals surface area contributed by atoms with E-state index in [9.17, 15) is 8.42 Å². The van der Waals surface area contributed by atoms with Gasteiger partial charge in [-0.3, -0.25) is 0 Å². The van der Waals surface area contributed by atoms with E-state index in [0.29, 0.717) is 11.7 Å². The van der Waals surface area contributed by atoms with Crippen LogP contribution in [0.2, 0.25) is 0 Å². The van der Waals surface area contributed by atoms with Crippen molar-refractivity contribution < 1.29 is 8.42 Å². The highest BCUT2D eigenvalue weighted by Crippen LogP contribution is 2.24. The molecule has 1 heterocycles. The van der Waals surface area contributed by atoms with E-state index in [4.69, 9.17) is 0 Å². The molecule has 2 N–H and O–H groups in total. The van der Waals surface area contributed by atoms with Crippen molar-refractivity contribution in [3.8, 4) is 0 Å². The van der Waals surface area contributed by atoms with Gasteiger partial charge in [-0.1, -0.05) is 19.8 Å². The number of hydrogen-bond donors (Lipinski definition) is 2. The van der Waals surface area contributed by atoms with Crippen molar-refractivity contribution in [2.45, 2.75) is 50.5 Å². The Hall–Kier alpha value is -1.14. The van der Waals surface area contributed by atoms with Gasteiger partial charge in [0.1, 0.15) is 10.7 Å².